The number of unbranched alkanes of at least 4 members (excludes halogenated alkanes) is 1. The lowest BCUT2D eigenvalue weighted by atomic mass is 10.2. The topological polar surface area (TPSA) is 146 Å². The monoisotopic (exact) mass is 541 g/mol. The molecule has 0 saturated heterocycles. The molecule has 2 amide bonds. The minimum Gasteiger partial charge on any atom is -0.457 e. The molecule has 2 N–H and O–H groups in total. The minimum absolute atomic E-state index is 0.0367. The summed E-state index contributed by atoms with van der Waals surface area (Å²) in [5, 5.41) is 20.9. The van der Waals surface area contributed by atoms with Gasteiger partial charge in [-0.25, -0.2) is 0 Å². The number of nitrogens with one attached hydrogen (secondary N) is 2. The third-order valence-electron chi connectivity index (χ3n) is 5.84. The number of aryl methyl sites for hydroxylation is 2. The molecule has 0 atom stereocenters. The highest BCUT2D eigenvalue weighted by atomic mass is 19.4. The highest BCUT2D eigenvalue weighted by molar-refractivity contribution is 5.92. The summed E-state index contributed by atoms with van der Waals surface area (Å²) in [5.74, 6) is -0.913. The van der Waals surface area contributed by atoms with Crippen LogP contribution in [0, 0.1) is 0 Å². The summed E-state index contributed by atoms with van der Waals surface area (Å²) in [7, 11) is 0. The van der Waals surface area contributed by atoms with Gasteiger partial charge < -0.3 is 15.1 Å². The van der Waals surface area contributed by atoms with Crippen molar-refractivity contribution in [2.75, 3.05) is 0 Å². The molecule has 0 aromatic carbocycles. The van der Waals surface area contributed by atoms with Crippen LogP contribution in [-0.4, -0.2) is 46.8 Å². The Labute approximate surface area is 218 Å². The van der Waals surface area contributed by atoms with E-state index in [-0.39, 0.29) is 29.5 Å². The van der Waals surface area contributed by atoms with Crippen molar-refractivity contribution < 1.29 is 27.2 Å². The van der Waals surface area contributed by atoms with Crippen LogP contribution >= 0.6 is 0 Å². The number of carbonyl (C=O) groups excluding carboxylic acids is 2. The molecule has 0 aliphatic carbocycles. The van der Waals surface area contributed by atoms with Gasteiger partial charge in [0.25, 0.3) is 11.8 Å². The lowest BCUT2D eigenvalue weighted by Gasteiger charge is -2.08. The Morgan fingerprint density at radius 1 is 0.872 bits per heavy atom. The number of benzene rings is 1. The van der Waals surface area contributed by atoms with E-state index in [0.29, 0.717) is 32.5 Å². The predicted octanol–water partition coefficient (Wildman–Crippen LogP) is 2.81. The molecule has 0 unspecified atom stereocenters. The summed E-state index contributed by atoms with van der Waals surface area (Å²) in [6.07, 6.45) is 0.949. The molecular weight excluding hydrogens is 519 g/mol. The fourth-order valence-electron chi connectivity index (χ4n) is 3.83. The van der Waals surface area contributed by atoms with Crippen molar-refractivity contribution in [2.45, 2.75) is 45.2 Å². The van der Waals surface area contributed by atoms with Crippen LogP contribution in [0.2, 0.25) is 0 Å². The van der Waals surface area contributed by atoms with Crippen molar-refractivity contribution in [1.29, 1.82) is 0 Å². The lowest BCUT2D eigenvalue weighted by Crippen LogP contribution is -2.24. The number of hydrogen-bond acceptors (Lipinski definition) is 8. The van der Waals surface area contributed by atoms with Gasteiger partial charge in [0, 0.05) is 31.4 Å². The number of alkyl halides is 3. The third-order valence-corrected chi connectivity index (χ3v) is 5.84. The Morgan fingerprint density at radius 3 is 2.08 bits per heavy atom. The molecule has 202 valence electrons. The quantitative estimate of drug-likeness (QED) is 0.243. The third kappa shape index (κ3) is 6.37. The van der Waals surface area contributed by atoms with Crippen molar-refractivity contribution >= 4 is 23.0 Å². The highest BCUT2D eigenvalue weighted by Gasteiger charge is 2.30. The largest absolute Gasteiger partial charge is 0.457 e. The van der Waals surface area contributed by atoms with E-state index in [0.717, 1.165) is 35.1 Å². The smallest absolute Gasteiger partial charge is 0.416 e. The van der Waals surface area contributed by atoms with Crippen LogP contribution in [0.25, 0.3) is 11.2 Å². The molecule has 5 heterocycles. The lowest BCUT2D eigenvalue weighted by molar-refractivity contribution is -0.137. The molecule has 0 fully saturated rings. The molecule has 0 aliphatic heterocycles. The molecular formula is C24H22F3N9O3. The maximum atomic E-state index is 12.8. The number of fused-ring (bicyclic) bond motifs is 2. The van der Waals surface area contributed by atoms with Gasteiger partial charge in [0.1, 0.15) is 11.2 Å². The van der Waals surface area contributed by atoms with Crippen molar-refractivity contribution in [3.8, 4) is 0 Å². The first kappa shape index (κ1) is 25.8. The van der Waals surface area contributed by atoms with Gasteiger partial charge in [-0.05, 0) is 43.2 Å². The summed E-state index contributed by atoms with van der Waals surface area (Å²) in [6, 6.07) is 7.32. The summed E-state index contributed by atoms with van der Waals surface area (Å²) >= 11 is 0. The fraction of sp³-hybridized carbons (Fsp3) is 0.292. The number of aromatic nitrogens is 7. The predicted molar refractivity (Wildman–Crippen MR) is 128 cm³/mol. The molecule has 2 bridgehead atoms. The number of rotatable bonds is 11. The second-order valence-electron chi connectivity index (χ2n) is 8.71. The van der Waals surface area contributed by atoms with Crippen LogP contribution in [0.4, 0.5) is 13.2 Å². The second-order valence-corrected chi connectivity index (χ2v) is 8.71. The van der Waals surface area contributed by atoms with Crippen molar-refractivity contribution in [3.63, 3.8) is 0 Å². The normalized spacial score (nSPS) is 11.8. The average Bonchev–Trinajstić information content (AvgIpc) is 3.73. The van der Waals surface area contributed by atoms with Gasteiger partial charge in [0.15, 0.2) is 11.4 Å². The standard InChI is InChI=1S/C24H22F3N9O3/c25-24(26,27)16-5-6-28-17(10-16)12-30-23(38)20-14-36(34-32-20)8-2-1-7-35-13-19(31-33-35)22(37)29-11-15-9-18-3-4-21(15)39-18/h3-6,9-10,13-14H,1-2,7-8,11-12H2,(H,29,37)(H,30,38). The molecule has 15 heteroatoms. The highest BCUT2D eigenvalue weighted by Crippen LogP contribution is 2.29. The van der Waals surface area contributed by atoms with E-state index in [1.807, 2.05) is 18.2 Å². The Balaban J connectivity index is 1.02. The van der Waals surface area contributed by atoms with Gasteiger partial charge in [-0.1, -0.05) is 10.4 Å². The number of amides is 2. The van der Waals surface area contributed by atoms with Crippen molar-refractivity contribution in [1.82, 2.24) is 45.6 Å². The molecule has 12 nitrogen and oxygen atoms in total. The maximum absolute atomic E-state index is 12.8. The Hall–Kier alpha value is -4.82. The molecule has 5 aromatic rings. The molecule has 0 saturated carbocycles. The van der Waals surface area contributed by atoms with Crippen molar-refractivity contribution in [3.05, 3.63) is 77.1 Å². The number of hydrogen-bond donors (Lipinski definition) is 2. The average molecular weight is 541 g/mol. The van der Waals surface area contributed by atoms with Crippen molar-refractivity contribution in [2.24, 2.45) is 0 Å². The summed E-state index contributed by atoms with van der Waals surface area (Å²) in [6.45, 7) is 1.14. The van der Waals surface area contributed by atoms with E-state index in [9.17, 15) is 22.8 Å². The van der Waals surface area contributed by atoms with E-state index >= 15 is 0 Å². The van der Waals surface area contributed by atoms with Gasteiger partial charge in [-0.3, -0.25) is 23.9 Å². The van der Waals surface area contributed by atoms with Gasteiger partial charge in [0.2, 0.25) is 0 Å². The van der Waals surface area contributed by atoms with E-state index in [4.69, 9.17) is 4.42 Å². The Bertz CT molecular complexity index is 1570. The van der Waals surface area contributed by atoms with E-state index in [1.165, 1.54) is 10.9 Å². The van der Waals surface area contributed by atoms with Crippen LogP contribution in [0.5, 0.6) is 0 Å². The Morgan fingerprint density at radius 2 is 1.51 bits per heavy atom. The Kier molecular flexibility index (Phi) is 7.21. The SMILES string of the molecule is O=C(NCc1cc(C(F)(F)F)ccn1)c1cn(CCCCn2cc(C(=O)NCc3cc4ccc3o4)nn2)nn1. The maximum Gasteiger partial charge on any atom is 0.416 e. The van der Waals surface area contributed by atoms with Crippen LogP contribution in [0.1, 0.15) is 50.6 Å². The zero-order chi connectivity index (χ0) is 27.4. The number of carbonyl (C=O) groups is 2. The van der Waals surface area contributed by atoms with Gasteiger partial charge >= 0.3 is 6.18 Å². The van der Waals surface area contributed by atoms with Gasteiger partial charge in [0.05, 0.1) is 30.2 Å². The molecule has 0 aliphatic rings. The summed E-state index contributed by atoms with van der Waals surface area (Å²) in [4.78, 5) is 28.5. The number of pyridine rings is 1. The molecule has 0 spiro atoms. The fourth-order valence-corrected chi connectivity index (χ4v) is 3.83. The van der Waals surface area contributed by atoms with E-state index in [2.05, 4.69) is 36.2 Å². The number of furan rings is 2. The molecule has 0 radical (unpaired) electrons. The zero-order valence-corrected chi connectivity index (χ0v) is 20.4. The van der Waals surface area contributed by atoms with Gasteiger partial charge in [-0.15, -0.1) is 10.2 Å². The van der Waals surface area contributed by atoms with Crippen LogP contribution in [-0.2, 0) is 32.4 Å². The second kappa shape index (κ2) is 10.9. The first-order valence-corrected chi connectivity index (χ1v) is 11.9. The van der Waals surface area contributed by atoms with Crippen LogP contribution < -0.4 is 10.6 Å². The van der Waals surface area contributed by atoms with E-state index < -0.39 is 17.6 Å². The molecule has 5 aromatic heterocycles. The molecule has 39 heavy (non-hydrogen) atoms. The molecule has 5 rings (SSSR count). The van der Waals surface area contributed by atoms with E-state index in [1.54, 1.807) is 10.9 Å². The first-order chi connectivity index (χ1) is 18.7. The van der Waals surface area contributed by atoms with Crippen LogP contribution in [0.3, 0.4) is 0 Å². The summed E-state index contributed by atoms with van der Waals surface area (Å²) < 4.78 is 47.0. The first-order valence-electron chi connectivity index (χ1n) is 11.9. The van der Waals surface area contributed by atoms with Crippen LogP contribution in [0.15, 0.2) is 53.3 Å². The number of halogens is 3. The van der Waals surface area contributed by atoms with Gasteiger partial charge in [-0.2, -0.15) is 13.2 Å². The minimum atomic E-state index is -4.49. The number of nitrogens with zero attached hydrogens (tertiary/aromatic N) is 7. The zero-order valence-electron chi connectivity index (χ0n) is 20.4. The summed E-state index contributed by atoms with van der Waals surface area (Å²) in [5.41, 5.74) is 1.87.